The molecule has 0 atom stereocenters. The summed E-state index contributed by atoms with van der Waals surface area (Å²) in [5, 5.41) is 6.05. The van der Waals surface area contributed by atoms with Crippen LogP contribution in [0.1, 0.15) is 16.7 Å². The first-order valence-corrected chi connectivity index (χ1v) is 12.8. The van der Waals surface area contributed by atoms with Crippen LogP contribution >= 0.6 is 0 Å². The van der Waals surface area contributed by atoms with Gasteiger partial charge in [0.1, 0.15) is 0 Å². The molecule has 0 saturated heterocycles. The average Bonchev–Trinajstić information content (AvgIpc) is 3.38. The van der Waals surface area contributed by atoms with Gasteiger partial charge in [0, 0.05) is 23.5 Å². The average molecular weight is 619 g/mol. The van der Waals surface area contributed by atoms with Crippen LogP contribution in [-0.2, 0) is 18.9 Å². The Morgan fingerprint density at radius 3 is 1.80 bits per heavy atom. The number of fused-ring (bicyclic) bond motifs is 1. The zero-order valence-electron chi connectivity index (χ0n) is 23.3. The summed E-state index contributed by atoms with van der Waals surface area (Å²) in [5.74, 6) is 1.30. The van der Waals surface area contributed by atoms with Crippen molar-refractivity contribution in [2.24, 2.45) is 0 Å². The summed E-state index contributed by atoms with van der Waals surface area (Å²) < 4.78 is 96.1. The van der Waals surface area contributed by atoms with Crippen LogP contribution in [-0.4, -0.2) is 40.8 Å². The predicted molar refractivity (Wildman–Crippen MR) is 150 cm³/mol. The minimum atomic E-state index is -4.50. The molecule has 0 aliphatic carbocycles. The number of benzene rings is 3. The standard InChI is InChI=1S/C29H24F6N6O3/c1-42-21-12-20(13-22(43-2)24(21)44-3)37-25-23-26(40-27(39-25)38-19-10-8-18(9-11-19)29(33,34)35)41(15-36-23)14-16-4-6-17(7-5-16)28(30,31)32/h4-13,15H,14H2,1-3H3,(H2,37,38,39,40). The predicted octanol–water partition coefficient (Wildman–Crippen LogP) is 7.43. The Kier molecular flexibility index (Phi) is 8.13. The Morgan fingerprint density at radius 1 is 0.705 bits per heavy atom. The normalized spacial score (nSPS) is 11.8. The van der Waals surface area contributed by atoms with Crippen LogP contribution in [0.15, 0.2) is 67.0 Å². The second-order valence-corrected chi connectivity index (χ2v) is 9.37. The number of nitrogens with one attached hydrogen (secondary N) is 2. The minimum Gasteiger partial charge on any atom is -0.493 e. The first kappa shape index (κ1) is 30.3. The molecular weight excluding hydrogens is 594 g/mol. The van der Waals surface area contributed by atoms with E-state index in [-0.39, 0.29) is 24.0 Å². The smallest absolute Gasteiger partial charge is 0.416 e. The zero-order chi connectivity index (χ0) is 31.6. The number of ether oxygens (including phenoxy) is 3. The van der Waals surface area contributed by atoms with Gasteiger partial charge in [0.2, 0.25) is 11.7 Å². The van der Waals surface area contributed by atoms with Crippen LogP contribution in [0, 0.1) is 0 Å². The molecule has 0 bridgehead atoms. The van der Waals surface area contributed by atoms with Crippen molar-refractivity contribution in [3.8, 4) is 17.2 Å². The van der Waals surface area contributed by atoms with Gasteiger partial charge < -0.3 is 29.4 Å². The van der Waals surface area contributed by atoms with E-state index < -0.39 is 23.5 Å². The highest BCUT2D eigenvalue weighted by molar-refractivity contribution is 5.87. The van der Waals surface area contributed by atoms with Gasteiger partial charge in [0.15, 0.2) is 28.5 Å². The van der Waals surface area contributed by atoms with Crippen molar-refractivity contribution >= 4 is 34.3 Å². The minimum absolute atomic E-state index is 0.0152. The Balaban J connectivity index is 1.55. The molecule has 5 rings (SSSR count). The molecule has 0 aliphatic rings. The van der Waals surface area contributed by atoms with Gasteiger partial charge in [-0.1, -0.05) is 12.1 Å². The molecule has 3 aromatic carbocycles. The van der Waals surface area contributed by atoms with Crippen LogP contribution in [0.4, 0.5) is 49.5 Å². The molecular formula is C29H24F6N6O3. The highest BCUT2D eigenvalue weighted by Gasteiger charge is 2.31. The van der Waals surface area contributed by atoms with Crippen molar-refractivity contribution < 1.29 is 40.6 Å². The van der Waals surface area contributed by atoms with Gasteiger partial charge in [0.25, 0.3) is 0 Å². The number of hydrogen-bond donors (Lipinski definition) is 2. The molecule has 15 heteroatoms. The third-order valence-electron chi connectivity index (χ3n) is 6.49. The maximum atomic E-state index is 13.1. The summed E-state index contributed by atoms with van der Waals surface area (Å²) in [7, 11) is 4.38. The van der Waals surface area contributed by atoms with Gasteiger partial charge in [-0.15, -0.1) is 0 Å². The molecule has 0 spiro atoms. The molecule has 2 heterocycles. The summed E-state index contributed by atoms with van der Waals surface area (Å²) in [6, 6.07) is 12.3. The van der Waals surface area contributed by atoms with E-state index in [4.69, 9.17) is 14.2 Å². The molecule has 0 saturated carbocycles. The molecule has 0 fully saturated rings. The molecule has 44 heavy (non-hydrogen) atoms. The van der Waals surface area contributed by atoms with E-state index in [0.717, 1.165) is 24.3 Å². The van der Waals surface area contributed by atoms with Crippen LogP contribution < -0.4 is 24.8 Å². The van der Waals surface area contributed by atoms with E-state index in [9.17, 15) is 26.3 Å². The second-order valence-electron chi connectivity index (χ2n) is 9.37. The molecule has 9 nitrogen and oxygen atoms in total. The largest absolute Gasteiger partial charge is 0.493 e. The van der Waals surface area contributed by atoms with Gasteiger partial charge in [0.05, 0.1) is 45.3 Å². The van der Waals surface area contributed by atoms with E-state index in [1.165, 1.54) is 51.9 Å². The lowest BCUT2D eigenvalue weighted by atomic mass is 10.1. The number of hydrogen-bond acceptors (Lipinski definition) is 8. The van der Waals surface area contributed by atoms with Crippen LogP contribution in [0.25, 0.3) is 11.2 Å². The lowest BCUT2D eigenvalue weighted by molar-refractivity contribution is -0.138. The molecule has 0 amide bonds. The van der Waals surface area contributed by atoms with Crippen LogP contribution in [0.2, 0.25) is 0 Å². The summed E-state index contributed by atoms with van der Waals surface area (Å²) in [5.41, 5.74) is 0.306. The molecule has 0 unspecified atom stereocenters. The van der Waals surface area contributed by atoms with E-state index in [2.05, 4.69) is 25.6 Å². The lowest BCUT2D eigenvalue weighted by Crippen LogP contribution is -2.07. The van der Waals surface area contributed by atoms with Crippen molar-refractivity contribution in [3.63, 3.8) is 0 Å². The number of halogens is 6. The van der Waals surface area contributed by atoms with Crippen molar-refractivity contribution in [3.05, 3.63) is 83.7 Å². The van der Waals surface area contributed by atoms with Crippen molar-refractivity contribution in [2.75, 3.05) is 32.0 Å². The van der Waals surface area contributed by atoms with Crippen LogP contribution in [0.3, 0.4) is 0 Å². The molecule has 230 valence electrons. The van der Waals surface area contributed by atoms with E-state index in [1.54, 1.807) is 16.7 Å². The Labute approximate surface area is 246 Å². The Hall–Kier alpha value is -5.21. The number of methoxy groups -OCH3 is 3. The van der Waals surface area contributed by atoms with Crippen LogP contribution in [0.5, 0.6) is 17.2 Å². The SMILES string of the molecule is COc1cc(Nc2nc(Nc3ccc(C(F)(F)F)cc3)nc3c2ncn3Cc2ccc(C(F)(F)F)cc2)cc(OC)c1OC. The summed E-state index contributed by atoms with van der Waals surface area (Å²) in [6.07, 6.45) is -7.52. The first-order valence-electron chi connectivity index (χ1n) is 12.8. The maximum absolute atomic E-state index is 13.1. The van der Waals surface area contributed by atoms with E-state index in [0.29, 0.717) is 39.7 Å². The summed E-state index contributed by atoms with van der Waals surface area (Å²) in [6.45, 7) is 0.120. The highest BCUT2D eigenvalue weighted by atomic mass is 19.4. The Morgan fingerprint density at radius 2 is 1.27 bits per heavy atom. The molecule has 5 aromatic rings. The third-order valence-corrected chi connectivity index (χ3v) is 6.49. The van der Waals surface area contributed by atoms with Gasteiger partial charge in [-0.05, 0) is 42.0 Å². The summed E-state index contributed by atoms with van der Waals surface area (Å²) >= 11 is 0. The fourth-order valence-electron chi connectivity index (χ4n) is 4.36. The number of imidazole rings is 1. The quantitative estimate of drug-likeness (QED) is 0.165. The van der Waals surface area contributed by atoms with Gasteiger partial charge in [-0.3, -0.25) is 0 Å². The fourth-order valence-corrected chi connectivity index (χ4v) is 4.36. The van der Waals surface area contributed by atoms with Crippen molar-refractivity contribution in [1.82, 2.24) is 19.5 Å². The second kappa shape index (κ2) is 11.8. The van der Waals surface area contributed by atoms with E-state index >= 15 is 0 Å². The lowest BCUT2D eigenvalue weighted by Gasteiger charge is -2.15. The monoisotopic (exact) mass is 618 g/mol. The summed E-state index contributed by atoms with van der Waals surface area (Å²) in [4.78, 5) is 13.5. The van der Waals surface area contributed by atoms with Gasteiger partial charge in [-0.25, -0.2) is 4.98 Å². The highest BCUT2D eigenvalue weighted by Crippen LogP contribution is 2.41. The zero-order valence-corrected chi connectivity index (χ0v) is 23.3. The third kappa shape index (κ3) is 6.40. The van der Waals surface area contributed by atoms with Gasteiger partial charge >= 0.3 is 12.4 Å². The molecule has 2 N–H and O–H groups in total. The maximum Gasteiger partial charge on any atom is 0.416 e. The van der Waals surface area contributed by atoms with Gasteiger partial charge in [-0.2, -0.15) is 36.3 Å². The molecule has 0 radical (unpaired) electrons. The fraction of sp³-hybridized carbons (Fsp3) is 0.207. The van der Waals surface area contributed by atoms with E-state index in [1.807, 2.05) is 0 Å². The molecule has 2 aromatic heterocycles. The number of nitrogens with zero attached hydrogens (tertiary/aromatic N) is 4. The Bertz CT molecular complexity index is 1750. The van der Waals surface area contributed by atoms with Crippen molar-refractivity contribution in [1.29, 1.82) is 0 Å². The first-order chi connectivity index (χ1) is 20.9. The molecule has 0 aliphatic heterocycles. The van der Waals surface area contributed by atoms with Crippen molar-refractivity contribution in [2.45, 2.75) is 18.9 Å². The number of alkyl halides is 6. The topological polar surface area (TPSA) is 95.4 Å². The number of anilines is 4. The number of aromatic nitrogens is 4. The number of rotatable bonds is 9.